The van der Waals surface area contributed by atoms with E-state index in [-0.39, 0.29) is 35.6 Å². The first kappa shape index (κ1) is 33.2. The van der Waals surface area contributed by atoms with Crippen molar-refractivity contribution in [1.82, 2.24) is 9.80 Å². The minimum Gasteiger partial charge on any atom is -0.448 e. The molecule has 3 aromatic rings. The van der Waals surface area contributed by atoms with Crippen LogP contribution in [0.15, 0.2) is 48.5 Å². The van der Waals surface area contributed by atoms with E-state index in [2.05, 4.69) is 10.2 Å². The van der Waals surface area contributed by atoms with Crippen molar-refractivity contribution in [2.24, 2.45) is 0 Å². The third-order valence-electron chi connectivity index (χ3n) is 8.50. The van der Waals surface area contributed by atoms with E-state index in [1.54, 1.807) is 25.7 Å². The number of anilines is 1. The fraction of sp³-hybridized carbons (Fsp3) is 0.412. The molecule has 0 atom stereocenters. The molecule has 1 heterocycles. The lowest BCUT2D eigenvalue weighted by Gasteiger charge is -2.36. The molecule has 10 nitrogen and oxygen atoms in total. The van der Waals surface area contributed by atoms with Gasteiger partial charge in [0.25, 0.3) is 0 Å². The Balaban J connectivity index is 1.35. The third kappa shape index (κ3) is 7.28. The van der Waals surface area contributed by atoms with E-state index in [9.17, 15) is 21.9 Å². The van der Waals surface area contributed by atoms with Crippen LogP contribution in [0.3, 0.4) is 0 Å². The summed E-state index contributed by atoms with van der Waals surface area (Å²) in [6, 6.07) is 16.0. The van der Waals surface area contributed by atoms with Gasteiger partial charge in [0, 0.05) is 44.2 Å². The normalized spacial score (nSPS) is 15.2. The van der Waals surface area contributed by atoms with E-state index in [1.807, 2.05) is 69.3 Å². The summed E-state index contributed by atoms with van der Waals surface area (Å²) in [4.78, 5) is 29.5. The molecule has 2 aliphatic rings. The molecule has 0 bridgehead atoms. The highest BCUT2D eigenvalue weighted by molar-refractivity contribution is 7.81. The van der Waals surface area contributed by atoms with Crippen molar-refractivity contribution in [2.45, 2.75) is 59.6 Å². The molecule has 0 radical (unpaired) electrons. The smallest absolute Gasteiger partial charge is 0.448 e. The van der Waals surface area contributed by atoms with E-state index in [0.29, 0.717) is 49.4 Å². The Morgan fingerprint density at radius 2 is 1.46 bits per heavy atom. The van der Waals surface area contributed by atoms with Gasteiger partial charge >= 0.3 is 22.7 Å². The molecule has 12 heteroatoms. The summed E-state index contributed by atoms with van der Waals surface area (Å²) < 4.78 is 53.1. The fourth-order valence-electron chi connectivity index (χ4n) is 6.27. The predicted octanol–water partition coefficient (Wildman–Crippen LogP) is 6.62. The zero-order valence-electron chi connectivity index (χ0n) is 27.0. The van der Waals surface area contributed by atoms with Crippen molar-refractivity contribution in [3.05, 3.63) is 81.9 Å². The Labute approximate surface area is 269 Å². The Bertz CT molecular complexity index is 1720. The van der Waals surface area contributed by atoms with E-state index in [1.165, 1.54) is 0 Å². The zero-order chi connectivity index (χ0) is 33.4. The van der Waals surface area contributed by atoms with Crippen LogP contribution in [0.5, 0.6) is 5.75 Å². The molecule has 246 valence electrons. The highest BCUT2D eigenvalue weighted by Gasteiger charge is 2.31. The number of nitrogens with one attached hydrogen (secondary N) is 1. The van der Waals surface area contributed by atoms with Crippen LogP contribution < -0.4 is 9.50 Å². The number of nitrogens with zero attached hydrogens (tertiary/aromatic N) is 2. The zero-order valence-corrected chi connectivity index (χ0v) is 27.8. The molecule has 1 fully saturated rings. The molecule has 0 unspecified atom stereocenters. The molecule has 1 saturated heterocycles. The van der Waals surface area contributed by atoms with Gasteiger partial charge in [-0.25, -0.2) is 9.59 Å². The van der Waals surface area contributed by atoms with Crippen molar-refractivity contribution in [3.63, 3.8) is 0 Å². The summed E-state index contributed by atoms with van der Waals surface area (Å²) in [6.07, 6.45) is -1.11. The van der Waals surface area contributed by atoms with Gasteiger partial charge in [0.05, 0.1) is 5.69 Å². The average molecular weight is 654 g/mol. The monoisotopic (exact) mass is 653 g/mol. The second-order valence-electron chi connectivity index (χ2n) is 12.7. The number of carbonyl (C=O) groups excluding carboxylic acids is 2. The number of hydrogen-bond acceptors (Lipinski definition) is 8. The first-order chi connectivity index (χ1) is 21.6. The Kier molecular flexibility index (Phi) is 9.33. The van der Waals surface area contributed by atoms with Gasteiger partial charge in [-0.1, -0.05) is 52.4 Å². The number of hydrogen-bond donors (Lipinski definition) is 1. The molecule has 0 saturated carbocycles. The summed E-state index contributed by atoms with van der Waals surface area (Å²) >= 11 is 0. The first-order valence-electron chi connectivity index (χ1n) is 15.2. The molecule has 1 aliphatic carbocycles. The molecule has 46 heavy (non-hydrogen) atoms. The summed E-state index contributed by atoms with van der Waals surface area (Å²) in [7, 11) is -5.36. The average Bonchev–Trinajstić information content (AvgIpc) is 3.31. The number of carbonyl (C=O) groups is 2. The number of halogens is 1. The van der Waals surface area contributed by atoms with Crippen molar-refractivity contribution < 1.29 is 35.5 Å². The van der Waals surface area contributed by atoms with Gasteiger partial charge in [-0.2, -0.15) is 8.42 Å². The largest absolute Gasteiger partial charge is 0.488 e. The summed E-state index contributed by atoms with van der Waals surface area (Å²) in [5.41, 5.74) is 6.04. The molecule has 3 aromatic carbocycles. The highest BCUT2D eigenvalue weighted by Crippen LogP contribution is 2.45. The number of piperazine rings is 1. The Hall–Kier alpha value is -4.16. The maximum absolute atomic E-state index is 13.9. The van der Waals surface area contributed by atoms with E-state index in [4.69, 9.17) is 13.7 Å². The number of amides is 2. The lowest BCUT2D eigenvalue weighted by molar-refractivity contribution is 0.0138. The SMILES string of the molecule is Cc1c(CN2CCN(C(=O)OC(C)(C)C)CC2)c(C)c(OS(=O)(=O)F)c(C)c1NC(=O)OCC1c2ccccc2-c2ccccc21. The lowest BCUT2D eigenvalue weighted by Crippen LogP contribution is -2.49. The Morgan fingerprint density at radius 3 is 2.00 bits per heavy atom. The predicted molar refractivity (Wildman–Crippen MR) is 173 cm³/mol. The number of rotatable bonds is 7. The van der Waals surface area contributed by atoms with Crippen molar-refractivity contribution >= 4 is 28.4 Å². The molecule has 1 aliphatic heterocycles. The van der Waals surface area contributed by atoms with Crippen molar-refractivity contribution in [3.8, 4) is 16.9 Å². The number of fused-ring (bicyclic) bond motifs is 3. The van der Waals surface area contributed by atoms with Crippen LogP contribution in [-0.2, 0) is 26.5 Å². The van der Waals surface area contributed by atoms with Crippen LogP contribution in [-0.4, -0.2) is 68.8 Å². The van der Waals surface area contributed by atoms with E-state index >= 15 is 0 Å². The van der Waals surface area contributed by atoms with Crippen LogP contribution in [0.1, 0.15) is 60.1 Å². The first-order valence-corrected chi connectivity index (χ1v) is 16.5. The number of benzene rings is 3. The maximum Gasteiger partial charge on any atom is 0.488 e. The molecular weight excluding hydrogens is 613 g/mol. The quantitative estimate of drug-likeness (QED) is 0.283. The van der Waals surface area contributed by atoms with Gasteiger partial charge in [-0.05, 0) is 80.5 Å². The third-order valence-corrected chi connectivity index (χ3v) is 8.86. The second kappa shape index (κ2) is 12.9. The summed E-state index contributed by atoms with van der Waals surface area (Å²) in [5.74, 6) is -0.340. The molecule has 5 rings (SSSR count). The molecule has 1 N–H and O–H groups in total. The maximum atomic E-state index is 13.9. The highest BCUT2D eigenvalue weighted by atomic mass is 32.3. The molecule has 0 spiro atoms. The van der Waals surface area contributed by atoms with Crippen molar-refractivity contribution in [1.29, 1.82) is 0 Å². The molecular formula is C34H40FN3O7S. The van der Waals surface area contributed by atoms with Gasteiger partial charge < -0.3 is 18.6 Å². The van der Waals surface area contributed by atoms with Crippen LogP contribution in [0.2, 0.25) is 0 Å². The fourth-order valence-corrected chi connectivity index (χ4v) is 6.72. The minimum atomic E-state index is -5.36. The van der Waals surface area contributed by atoms with E-state index in [0.717, 1.165) is 22.3 Å². The van der Waals surface area contributed by atoms with Gasteiger partial charge in [0.15, 0.2) is 5.75 Å². The Morgan fingerprint density at radius 1 is 0.891 bits per heavy atom. The lowest BCUT2D eigenvalue weighted by atomic mass is 9.95. The van der Waals surface area contributed by atoms with Gasteiger partial charge in [-0.3, -0.25) is 10.2 Å². The van der Waals surface area contributed by atoms with Gasteiger partial charge in [0.1, 0.15) is 12.2 Å². The molecule has 0 aromatic heterocycles. The van der Waals surface area contributed by atoms with Crippen LogP contribution in [0.25, 0.3) is 11.1 Å². The topological polar surface area (TPSA) is 114 Å². The van der Waals surface area contributed by atoms with Crippen molar-refractivity contribution in [2.75, 3.05) is 38.1 Å². The number of ether oxygens (including phenoxy) is 2. The molecule has 2 amide bonds. The minimum absolute atomic E-state index is 0.0841. The second-order valence-corrected chi connectivity index (χ2v) is 13.7. The van der Waals surface area contributed by atoms with Crippen LogP contribution >= 0.6 is 0 Å². The van der Waals surface area contributed by atoms with Crippen LogP contribution in [0, 0.1) is 20.8 Å². The van der Waals surface area contributed by atoms with Gasteiger partial charge in [0.2, 0.25) is 0 Å². The van der Waals surface area contributed by atoms with E-state index < -0.39 is 22.2 Å². The summed E-state index contributed by atoms with van der Waals surface area (Å²) in [6.45, 7) is 12.8. The van der Waals surface area contributed by atoms with Crippen LogP contribution in [0.4, 0.5) is 19.2 Å². The standard InChI is InChI=1S/C34H40FN3O7S/c1-21-28(19-37-15-17-38(18-16-37)33(40)44-34(4,5)6)22(2)31(45-46(35,41)42)23(3)30(21)36-32(39)43-20-29-26-13-9-7-11-24(26)25-12-8-10-14-27(25)29/h7-14,29H,15-20H2,1-6H3,(H,36,39). The summed E-state index contributed by atoms with van der Waals surface area (Å²) in [5, 5.41) is 2.78. The van der Waals surface area contributed by atoms with Gasteiger partial charge in [-0.15, -0.1) is 0 Å².